The summed E-state index contributed by atoms with van der Waals surface area (Å²) in [6.07, 6.45) is 8.11. The third kappa shape index (κ3) is 6.39. The summed E-state index contributed by atoms with van der Waals surface area (Å²) >= 11 is 0. The van der Waals surface area contributed by atoms with E-state index in [0.29, 0.717) is 17.6 Å². The Morgan fingerprint density at radius 1 is 0.537 bits per heavy atom. The van der Waals surface area contributed by atoms with E-state index in [-0.39, 0.29) is 16.9 Å². The van der Waals surface area contributed by atoms with E-state index in [9.17, 15) is 0 Å². The Morgan fingerprint density at radius 2 is 1.06 bits per heavy atom. The summed E-state index contributed by atoms with van der Waals surface area (Å²) in [6.45, 7) is 13.8. The Balaban J connectivity index is 1.18. The monoisotopic (exact) mass is 867 g/mol. The molecule has 3 aliphatic rings. The number of anilines is 2. The van der Waals surface area contributed by atoms with Crippen LogP contribution in [0.25, 0.3) is 62.0 Å². The maximum absolute atomic E-state index is 5.42. The SMILES string of the molecule is CC(C)(C)C1=CCC(N(c2ccc(C(C)(C)C)cc2)c2ccc3c(c2)c2c(n3-c3nc(-c4ccccc4)nc(-c4ccccc4)n3)-c3ccccc3C23c2ccccc2-c2ccccc23)C=C1. The molecule has 0 bridgehead atoms. The summed E-state index contributed by atoms with van der Waals surface area (Å²) in [7, 11) is 0. The van der Waals surface area contributed by atoms with Gasteiger partial charge in [-0.3, -0.25) is 4.57 Å². The Labute approximate surface area is 393 Å². The largest absolute Gasteiger partial charge is 0.334 e. The molecule has 7 aromatic carbocycles. The van der Waals surface area contributed by atoms with Crippen molar-refractivity contribution in [2.75, 3.05) is 4.90 Å². The number of allylic oxidation sites excluding steroid dienone is 2. The first-order chi connectivity index (χ1) is 32.5. The molecule has 1 atom stereocenters. The second-order valence-electron chi connectivity index (χ2n) is 20.4. The molecule has 0 fully saturated rings. The van der Waals surface area contributed by atoms with E-state index in [0.717, 1.165) is 40.1 Å². The number of aromatic nitrogens is 4. The van der Waals surface area contributed by atoms with Crippen LogP contribution in [0.15, 0.2) is 200 Å². The predicted octanol–water partition coefficient (Wildman–Crippen LogP) is 15.2. The highest BCUT2D eigenvalue weighted by atomic mass is 15.2. The molecule has 2 heterocycles. The van der Waals surface area contributed by atoms with E-state index in [1.54, 1.807) is 0 Å². The molecule has 0 radical (unpaired) electrons. The van der Waals surface area contributed by atoms with Gasteiger partial charge in [-0.05, 0) is 86.5 Å². The van der Waals surface area contributed by atoms with Crippen molar-refractivity contribution in [2.45, 2.75) is 64.8 Å². The zero-order valence-corrected chi connectivity index (χ0v) is 39.0. The van der Waals surface area contributed by atoms with Gasteiger partial charge in [-0.2, -0.15) is 9.97 Å². The normalized spacial score (nSPS) is 15.6. The maximum Gasteiger partial charge on any atom is 0.238 e. The van der Waals surface area contributed by atoms with Crippen LogP contribution >= 0.6 is 0 Å². The van der Waals surface area contributed by atoms with Crippen molar-refractivity contribution in [1.82, 2.24) is 19.5 Å². The minimum Gasteiger partial charge on any atom is -0.334 e. The molecule has 9 aromatic rings. The predicted molar refractivity (Wildman–Crippen MR) is 276 cm³/mol. The van der Waals surface area contributed by atoms with Crippen molar-refractivity contribution >= 4 is 22.3 Å². The highest BCUT2D eigenvalue weighted by Crippen LogP contribution is 2.65. The second kappa shape index (κ2) is 15.2. The van der Waals surface area contributed by atoms with Crippen molar-refractivity contribution in [3.63, 3.8) is 0 Å². The minimum atomic E-state index is -0.604. The maximum atomic E-state index is 5.42. The molecule has 0 aliphatic heterocycles. The molecule has 1 unspecified atom stereocenters. The molecule has 2 aromatic heterocycles. The van der Waals surface area contributed by atoms with Crippen LogP contribution < -0.4 is 4.90 Å². The van der Waals surface area contributed by atoms with Crippen LogP contribution in [0.3, 0.4) is 0 Å². The fourth-order valence-electron chi connectivity index (χ4n) is 11.1. The summed E-state index contributed by atoms with van der Waals surface area (Å²) in [5.41, 5.74) is 17.3. The summed E-state index contributed by atoms with van der Waals surface area (Å²) in [5.74, 6) is 1.85. The number of rotatable bonds is 6. The molecule has 3 aliphatic carbocycles. The molecular formula is C62H53N5. The molecule has 326 valence electrons. The molecule has 0 saturated carbocycles. The van der Waals surface area contributed by atoms with Gasteiger partial charge in [-0.15, -0.1) is 0 Å². The molecule has 1 spiro atoms. The van der Waals surface area contributed by atoms with E-state index in [4.69, 9.17) is 15.0 Å². The van der Waals surface area contributed by atoms with Crippen LogP contribution in [0.2, 0.25) is 0 Å². The van der Waals surface area contributed by atoms with Gasteiger partial charge < -0.3 is 4.90 Å². The van der Waals surface area contributed by atoms with Gasteiger partial charge in [0.15, 0.2) is 11.6 Å². The molecule has 0 amide bonds. The molecule has 0 N–H and O–H groups in total. The van der Waals surface area contributed by atoms with Gasteiger partial charge in [0.05, 0.1) is 22.7 Å². The summed E-state index contributed by atoms with van der Waals surface area (Å²) in [6, 6.07) is 64.2. The van der Waals surface area contributed by atoms with Crippen molar-refractivity contribution in [1.29, 1.82) is 0 Å². The van der Waals surface area contributed by atoms with Gasteiger partial charge in [0.1, 0.15) is 0 Å². The van der Waals surface area contributed by atoms with E-state index in [1.807, 2.05) is 36.4 Å². The van der Waals surface area contributed by atoms with E-state index in [1.165, 1.54) is 55.5 Å². The fraction of sp³-hybridized carbons (Fsp3) is 0.177. The standard InChI is InChI=1S/C62H53N5/c1-60(2,3)42-29-33-44(34-30-42)66(45-35-31-43(32-36-45)61(4,5)6)46-37-38-54-50(39-46)55-56(67(54)59-64-57(40-19-9-7-10-20-40)63-58(65-59)41-21-11-8-12-22-41)49-25-15-18-28-53(49)62(55)51-26-16-13-23-47(51)48-24-14-17-27-52(48)62/h7-35,37-39,45H,36H2,1-6H3. The number of fused-ring (bicyclic) bond motifs is 12. The van der Waals surface area contributed by atoms with Gasteiger partial charge in [0.25, 0.3) is 0 Å². The van der Waals surface area contributed by atoms with Crippen LogP contribution in [0.1, 0.15) is 75.8 Å². The lowest BCUT2D eigenvalue weighted by Crippen LogP contribution is -2.31. The Morgan fingerprint density at radius 3 is 1.60 bits per heavy atom. The summed E-state index contributed by atoms with van der Waals surface area (Å²) < 4.78 is 2.34. The zero-order valence-electron chi connectivity index (χ0n) is 39.0. The Kier molecular flexibility index (Phi) is 9.28. The average molecular weight is 868 g/mol. The molecule has 5 nitrogen and oxygen atoms in total. The first-order valence-corrected chi connectivity index (χ1v) is 23.6. The first-order valence-electron chi connectivity index (χ1n) is 23.6. The van der Waals surface area contributed by atoms with Crippen molar-refractivity contribution < 1.29 is 0 Å². The van der Waals surface area contributed by atoms with Crippen molar-refractivity contribution in [2.24, 2.45) is 5.41 Å². The smallest absolute Gasteiger partial charge is 0.238 e. The van der Waals surface area contributed by atoms with Gasteiger partial charge in [-0.1, -0.05) is 205 Å². The topological polar surface area (TPSA) is 46.8 Å². The lowest BCUT2D eigenvalue weighted by Gasteiger charge is -2.35. The number of nitrogens with zero attached hydrogens (tertiary/aromatic N) is 5. The molecule has 0 saturated heterocycles. The van der Waals surface area contributed by atoms with Crippen molar-refractivity contribution in [3.05, 3.63) is 228 Å². The van der Waals surface area contributed by atoms with Crippen LogP contribution in [0.5, 0.6) is 0 Å². The summed E-state index contributed by atoms with van der Waals surface area (Å²) in [4.78, 5) is 18.5. The Hall–Kier alpha value is -7.63. The summed E-state index contributed by atoms with van der Waals surface area (Å²) in [5, 5.41) is 1.17. The molecule has 67 heavy (non-hydrogen) atoms. The fourth-order valence-corrected chi connectivity index (χ4v) is 11.1. The number of hydrogen-bond donors (Lipinski definition) is 0. The molecule has 5 heteroatoms. The first kappa shape index (κ1) is 40.8. The van der Waals surface area contributed by atoms with E-state index in [2.05, 4.69) is 209 Å². The van der Waals surface area contributed by atoms with Crippen LogP contribution in [-0.2, 0) is 10.8 Å². The zero-order chi connectivity index (χ0) is 45.7. The van der Waals surface area contributed by atoms with Crippen LogP contribution in [0, 0.1) is 5.41 Å². The quantitative estimate of drug-likeness (QED) is 0.167. The second-order valence-corrected chi connectivity index (χ2v) is 20.4. The third-order valence-electron chi connectivity index (χ3n) is 14.3. The molecule has 12 rings (SSSR count). The third-order valence-corrected chi connectivity index (χ3v) is 14.3. The van der Waals surface area contributed by atoms with Crippen molar-refractivity contribution in [3.8, 4) is 51.1 Å². The molecular weight excluding hydrogens is 815 g/mol. The van der Waals surface area contributed by atoms with Crippen LogP contribution in [-0.4, -0.2) is 25.6 Å². The van der Waals surface area contributed by atoms with E-state index >= 15 is 0 Å². The highest BCUT2D eigenvalue weighted by molar-refractivity contribution is 6.06. The van der Waals surface area contributed by atoms with Gasteiger partial charge in [0, 0.05) is 39.0 Å². The highest BCUT2D eigenvalue weighted by Gasteiger charge is 2.54. The van der Waals surface area contributed by atoms with Gasteiger partial charge in [0.2, 0.25) is 5.95 Å². The number of benzene rings is 7. The number of hydrogen-bond acceptors (Lipinski definition) is 4. The van der Waals surface area contributed by atoms with Gasteiger partial charge >= 0.3 is 0 Å². The van der Waals surface area contributed by atoms with Crippen LogP contribution in [0.4, 0.5) is 11.4 Å². The minimum absolute atomic E-state index is 0.0355. The van der Waals surface area contributed by atoms with Gasteiger partial charge in [-0.25, -0.2) is 4.98 Å². The van der Waals surface area contributed by atoms with E-state index < -0.39 is 5.41 Å². The lowest BCUT2D eigenvalue weighted by molar-refractivity contribution is 0.510. The Bertz CT molecular complexity index is 3350. The lowest BCUT2D eigenvalue weighted by atomic mass is 9.70. The average Bonchev–Trinajstić information content (AvgIpc) is 3.96.